The number of carbonyl (C=O) groups is 2. The molecule has 7 nitrogen and oxygen atoms in total. The van der Waals surface area contributed by atoms with E-state index in [0.29, 0.717) is 36.9 Å². The summed E-state index contributed by atoms with van der Waals surface area (Å²) in [6.07, 6.45) is 0. The summed E-state index contributed by atoms with van der Waals surface area (Å²) >= 11 is 6.04. The van der Waals surface area contributed by atoms with Crippen LogP contribution in [0.5, 0.6) is 5.75 Å². The molecule has 0 spiro atoms. The lowest BCUT2D eigenvalue weighted by molar-refractivity contribution is -0.117. The van der Waals surface area contributed by atoms with Gasteiger partial charge >= 0.3 is 6.03 Å². The van der Waals surface area contributed by atoms with Gasteiger partial charge in [-0.1, -0.05) is 29.8 Å². The highest BCUT2D eigenvalue weighted by molar-refractivity contribution is 6.30. The van der Waals surface area contributed by atoms with Crippen molar-refractivity contribution in [2.45, 2.75) is 13.0 Å². The number of phenolic OH excluding ortho intramolecular Hbond substituents is 1. The van der Waals surface area contributed by atoms with Gasteiger partial charge in [0.15, 0.2) is 0 Å². The summed E-state index contributed by atoms with van der Waals surface area (Å²) in [5, 5.41) is 15.7. The van der Waals surface area contributed by atoms with Gasteiger partial charge in [0.1, 0.15) is 11.8 Å². The molecule has 28 heavy (non-hydrogen) atoms. The number of aromatic hydroxyl groups is 1. The fraction of sp³-hybridized carbons (Fsp3) is 0.300. The minimum atomic E-state index is -0.738. The van der Waals surface area contributed by atoms with Crippen molar-refractivity contribution in [2.24, 2.45) is 0 Å². The van der Waals surface area contributed by atoms with Crippen molar-refractivity contribution < 1.29 is 14.7 Å². The number of phenols is 1. The van der Waals surface area contributed by atoms with E-state index in [9.17, 15) is 14.7 Å². The normalized spacial score (nSPS) is 15.1. The van der Waals surface area contributed by atoms with Gasteiger partial charge in [-0.3, -0.25) is 4.79 Å². The number of amides is 3. The van der Waals surface area contributed by atoms with Crippen molar-refractivity contribution >= 4 is 34.9 Å². The zero-order valence-corrected chi connectivity index (χ0v) is 16.3. The highest BCUT2D eigenvalue weighted by atomic mass is 35.5. The molecule has 148 valence electrons. The molecule has 1 aliphatic heterocycles. The van der Waals surface area contributed by atoms with Crippen LogP contribution in [0.15, 0.2) is 48.5 Å². The van der Waals surface area contributed by atoms with Crippen LogP contribution >= 0.6 is 11.6 Å². The van der Waals surface area contributed by atoms with E-state index in [2.05, 4.69) is 15.5 Å². The van der Waals surface area contributed by atoms with Gasteiger partial charge in [0.2, 0.25) is 5.91 Å². The summed E-state index contributed by atoms with van der Waals surface area (Å²) in [6.45, 7) is 4.08. The van der Waals surface area contributed by atoms with Gasteiger partial charge in [0.05, 0.1) is 5.69 Å². The number of para-hydroxylation sites is 2. The summed E-state index contributed by atoms with van der Waals surface area (Å²) < 4.78 is 0. The molecule has 0 bridgehead atoms. The van der Waals surface area contributed by atoms with Gasteiger partial charge in [-0.25, -0.2) is 4.79 Å². The Balaban J connectivity index is 1.50. The van der Waals surface area contributed by atoms with Gasteiger partial charge in [-0.15, -0.1) is 0 Å². The van der Waals surface area contributed by atoms with Crippen LogP contribution in [0, 0.1) is 0 Å². The average Bonchev–Trinajstić information content (AvgIpc) is 2.69. The van der Waals surface area contributed by atoms with Crippen LogP contribution in [-0.4, -0.2) is 54.2 Å². The van der Waals surface area contributed by atoms with Crippen LogP contribution in [0.25, 0.3) is 0 Å². The molecule has 0 aliphatic carbocycles. The van der Waals surface area contributed by atoms with Crippen LogP contribution in [0.4, 0.5) is 16.2 Å². The molecule has 0 radical (unpaired) electrons. The molecule has 3 N–H and O–H groups in total. The van der Waals surface area contributed by atoms with E-state index in [1.54, 1.807) is 30.0 Å². The molecule has 8 heteroatoms. The molecule has 1 aliphatic rings. The number of piperazine rings is 1. The molecular weight excluding hydrogens is 380 g/mol. The minimum absolute atomic E-state index is 0.0217. The third-order valence-corrected chi connectivity index (χ3v) is 4.87. The first-order valence-electron chi connectivity index (χ1n) is 9.09. The number of halogens is 1. The number of rotatable bonds is 4. The molecule has 0 aromatic heterocycles. The summed E-state index contributed by atoms with van der Waals surface area (Å²) in [5.74, 6) is -0.418. The second-order valence-electron chi connectivity index (χ2n) is 6.63. The Kier molecular flexibility index (Phi) is 6.26. The third kappa shape index (κ3) is 4.86. The summed E-state index contributed by atoms with van der Waals surface area (Å²) in [4.78, 5) is 28.6. The van der Waals surface area contributed by atoms with E-state index < -0.39 is 11.9 Å². The first kappa shape index (κ1) is 19.8. The lowest BCUT2D eigenvalue weighted by Gasteiger charge is -2.36. The number of carbonyl (C=O) groups excluding carboxylic acids is 2. The quantitative estimate of drug-likeness (QED) is 0.686. The Morgan fingerprint density at radius 3 is 2.46 bits per heavy atom. The summed E-state index contributed by atoms with van der Waals surface area (Å²) in [7, 11) is 0. The summed E-state index contributed by atoms with van der Waals surface area (Å²) in [6, 6.07) is 13.1. The monoisotopic (exact) mass is 402 g/mol. The van der Waals surface area contributed by atoms with Crippen LogP contribution in [0.2, 0.25) is 5.02 Å². The number of benzene rings is 2. The second-order valence-corrected chi connectivity index (χ2v) is 7.07. The molecule has 1 heterocycles. The summed E-state index contributed by atoms with van der Waals surface area (Å²) in [5.41, 5.74) is 1.34. The lowest BCUT2D eigenvalue weighted by Crippen LogP contribution is -2.54. The van der Waals surface area contributed by atoms with E-state index in [-0.39, 0.29) is 11.8 Å². The Hall–Kier alpha value is -2.93. The van der Waals surface area contributed by atoms with E-state index >= 15 is 0 Å². The molecule has 1 saturated heterocycles. The van der Waals surface area contributed by atoms with E-state index in [4.69, 9.17) is 11.6 Å². The van der Waals surface area contributed by atoms with Gasteiger partial charge < -0.3 is 25.5 Å². The largest absolute Gasteiger partial charge is 0.506 e. The highest BCUT2D eigenvalue weighted by Crippen LogP contribution is 2.22. The standard InChI is InChI=1S/C20H23ClN4O3/c1-14(19(27)23-17-7-2-3-8-18(17)26)22-20(28)25-11-9-24(10-12-25)16-6-4-5-15(21)13-16/h2-8,13-14,26H,9-12H2,1H3,(H,22,28)(H,23,27). The molecule has 3 amide bonds. The Labute approximate surface area is 168 Å². The topological polar surface area (TPSA) is 84.9 Å². The van der Waals surface area contributed by atoms with Crippen LogP contribution < -0.4 is 15.5 Å². The van der Waals surface area contributed by atoms with Crippen LogP contribution in [-0.2, 0) is 4.79 Å². The van der Waals surface area contributed by atoms with Crippen molar-refractivity contribution in [3.8, 4) is 5.75 Å². The number of hydrogen-bond acceptors (Lipinski definition) is 4. The first-order chi connectivity index (χ1) is 13.4. The van der Waals surface area contributed by atoms with Gasteiger partial charge in [0.25, 0.3) is 0 Å². The maximum atomic E-state index is 12.5. The maximum Gasteiger partial charge on any atom is 0.318 e. The van der Waals surface area contributed by atoms with E-state index in [1.807, 2.05) is 24.3 Å². The van der Waals surface area contributed by atoms with E-state index in [1.165, 1.54) is 6.07 Å². The van der Waals surface area contributed by atoms with Crippen molar-refractivity contribution in [1.29, 1.82) is 0 Å². The predicted molar refractivity (Wildman–Crippen MR) is 110 cm³/mol. The van der Waals surface area contributed by atoms with Crippen LogP contribution in [0.3, 0.4) is 0 Å². The fourth-order valence-corrected chi connectivity index (χ4v) is 3.19. The Bertz CT molecular complexity index is 853. The fourth-order valence-electron chi connectivity index (χ4n) is 3.00. The lowest BCUT2D eigenvalue weighted by atomic mass is 10.2. The number of nitrogens with one attached hydrogen (secondary N) is 2. The van der Waals surface area contributed by atoms with E-state index in [0.717, 1.165) is 5.69 Å². The molecule has 1 atom stereocenters. The van der Waals surface area contributed by atoms with Crippen LogP contribution in [0.1, 0.15) is 6.92 Å². The minimum Gasteiger partial charge on any atom is -0.506 e. The molecule has 2 aromatic rings. The van der Waals surface area contributed by atoms with Crippen molar-refractivity contribution in [2.75, 3.05) is 36.4 Å². The SMILES string of the molecule is CC(NC(=O)N1CCN(c2cccc(Cl)c2)CC1)C(=O)Nc1ccccc1O. The maximum absolute atomic E-state index is 12.5. The van der Waals surface area contributed by atoms with Crippen molar-refractivity contribution in [1.82, 2.24) is 10.2 Å². The number of nitrogens with zero attached hydrogens (tertiary/aromatic N) is 2. The third-order valence-electron chi connectivity index (χ3n) is 4.64. The molecule has 1 unspecified atom stereocenters. The van der Waals surface area contributed by atoms with Crippen molar-refractivity contribution in [3.05, 3.63) is 53.6 Å². The zero-order valence-electron chi connectivity index (χ0n) is 15.6. The Morgan fingerprint density at radius 2 is 1.79 bits per heavy atom. The molecular formula is C20H23ClN4O3. The second kappa shape index (κ2) is 8.84. The smallest absolute Gasteiger partial charge is 0.318 e. The Morgan fingerprint density at radius 1 is 1.07 bits per heavy atom. The van der Waals surface area contributed by atoms with Crippen molar-refractivity contribution in [3.63, 3.8) is 0 Å². The number of urea groups is 1. The van der Waals surface area contributed by atoms with Gasteiger partial charge in [-0.2, -0.15) is 0 Å². The van der Waals surface area contributed by atoms with Gasteiger partial charge in [0, 0.05) is 36.9 Å². The zero-order chi connectivity index (χ0) is 20.1. The molecule has 2 aromatic carbocycles. The molecule has 1 fully saturated rings. The number of hydrogen-bond donors (Lipinski definition) is 3. The number of anilines is 2. The highest BCUT2D eigenvalue weighted by Gasteiger charge is 2.24. The average molecular weight is 403 g/mol. The predicted octanol–water partition coefficient (Wildman–Crippen LogP) is 2.90. The molecule has 0 saturated carbocycles. The van der Waals surface area contributed by atoms with Gasteiger partial charge in [-0.05, 0) is 37.3 Å². The first-order valence-corrected chi connectivity index (χ1v) is 9.46. The molecule has 3 rings (SSSR count).